The Bertz CT molecular complexity index is 729. The molecule has 0 unspecified atom stereocenters. The highest BCUT2D eigenvalue weighted by Gasteiger charge is 2.20. The number of hydrogen-bond donors (Lipinski definition) is 2. The van der Waals surface area contributed by atoms with Crippen LogP contribution in [-0.2, 0) is 4.79 Å². The summed E-state index contributed by atoms with van der Waals surface area (Å²) in [5, 5.41) is 3.65. The molecule has 6 heteroatoms. The van der Waals surface area contributed by atoms with Gasteiger partial charge in [-0.1, -0.05) is 28.1 Å². The van der Waals surface area contributed by atoms with Gasteiger partial charge in [-0.25, -0.2) is 5.43 Å². The fraction of sp³-hybridized carbons (Fsp3) is 0. The van der Waals surface area contributed by atoms with Gasteiger partial charge in [-0.3, -0.25) is 4.79 Å². The largest absolute Gasteiger partial charge is 0.457 e. The predicted octanol–water partition coefficient (Wildman–Crippen LogP) is 2.49. The molecule has 1 amide bonds. The molecule has 1 aliphatic heterocycles. The van der Waals surface area contributed by atoms with Gasteiger partial charge in [0.25, 0.3) is 5.91 Å². The number of hydrazone groups is 1. The van der Waals surface area contributed by atoms with E-state index in [4.69, 9.17) is 10.2 Å². The van der Waals surface area contributed by atoms with Crippen molar-refractivity contribution < 1.29 is 9.21 Å². The van der Waals surface area contributed by atoms with Gasteiger partial charge < -0.3 is 10.2 Å². The number of carbonyl (C=O) groups is 1. The van der Waals surface area contributed by atoms with Gasteiger partial charge in [0, 0.05) is 10.0 Å². The minimum absolute atomic E-state index is 0.164. The van der Waals surface area contributed by atoms with Gasteiger partial charge in [-0.15, -0.1) is 0 Å². The molecular formula is C14H10BrN3O2. The number of nitrogens with zero attached hydrogens (tertiary/aromatic N) is 1. The van der Waals surface area contributed by atoms with E-state index in [0.717, 1.165) is 15.8 Å². The zero-order valence-corrected chi connectivity index (χ0v) is 11.8. The van der Waals surface area contributed by atoms with Crippen molar-refractivity contribution in [2.24, 2.45) is 10.8 Å². The lowest BCUT2D eigenvalue weighted by Gasteiger charge is -1.97. The van der Waals surface area contributed by atoms with E-state index in [2.05, 4.69) is 26.5 Å². The summed E-state index contributed by atoms with van der Waals surface area (Å²) in [5.41, 5.74) is 9.16. The summed E-state index contributed by atoms with van der Waals surface area (Å²) in [7, 11) is 0. The Hall–Kier alpha value is -2.34. The fourth-order valence-corrected chi connectivity index (χ4v) is 2.09. The average molecular weight is 332 g/mol. The van der Waals surface area contributed by atoms with Crippen LogP contribution < -0.4 is 11.2 Å². The molecule has 0 saturated carbocycles. The standard InChI is InChI=1S/C14H10BrN3O2/c15-9-3-1-8(2-4-9)12-6-5-10(20-12)7-11-13(16)17-18-14(11)19/h1-7H,(H2,16,17)(H,18,19)/b11-7+. The highest BCUT2D eigenvalue weighted by Crippen LogP contribution is 2.25. The minimum Gasteiger partial charge on any atom is -0.457 e. The third-order valence-corrected chi connectivity index (χ3v) is 3.37. The van der Waals surface area contributed by atoms with E-state index < -0.39 is 0 Å². The number of nitrogens with two attached hydrogens (primary N) is 1. The number of carbonyl (C=O) groups excluding carboxylic acids is 1. The molecule has 1 aliphatic rings. The maximum Gasteiger partial charge on any atom is 0.275 e. The van der Waals surface area contributed by atoms with E-state index in [-0.39, 0.29) is 11.7 Å². The van der Waals surface area contributed by atoms with E-state index in [1.807, 2.05) is 30.3 Å². The zero-order valence-electron chi connectivity index (χ0n) is 10.3. The first-order chi connectivity index (χ1) is 9.63. The highest BCUT2D eigenvalue weighted by atomic mass is 79.9. The lowest BCUT2D eigenvalue weighted by atomic mass is 10.2. The number of rotatable bonds is 2. The molecule has 1 aromatic carbocycles. The SMILES string of the molecule is NC1=NNC(=O)/C1=C/c1ccc(-c2ccc(Br)cc2)o1. The van der Waals surface area contributed by atoms with Crippen LogP contribution in [0.4, 0.5) is 0 Å². The van der Waals surface area contributed by atoms with Gasteiger partial charge in [0.2, 0.25) is 0 Å². The van der Waals surface area contributed by atoms with Crippen LogP contribution in [-0.4, -0.2) is 11.7 Å². The summed E-state index contributed by atoms with van der Waals surface area (Å²) < 4.78 is 6.69. The molecule has 0 atom stereocenters. The van der Waals surface area contributed by atoms with Gasteiger partial charge in [0.15, 0.2) is 5.84 Å². The van der Waals surface area contributed by atoms with E-state index in [1.165, 1.54) is 0 Å². The number of nitrogens with one attached hydrogen (secondary N) is 1. The Labute approximate surface area is 123 Å². The molecule has 5 nitrogen and oxygen atoms in total. The van der Waals surface area contributed by atoms with Crippen molar-refractivity contribution >= 4 is 33.7 Å². The monoisotopic (exact) mass is 331 g/mol. The summed E-state index contributed by atoms with van der Waals surface area (Å²) in [4.78, 5) is 11.5. The zero-order chi connectivity index (χ0) is 14.1. The first-order valence-electron chi connectivity index (χ1n) is 5.85. The molecule has 0 radical (unpaired) electrons. The number of amidine groups is 1. The Morgan fingerprint density at radius 3 is 2.60 bits per heavy atom. The molecule has 100 valence electrons. The molecule has 3 rings (SSSR count). The lowest BCUT2D eigenvalue weighted by molar-refractivity contribution is -0.116. The Balaban J connectivity index is 1.91. The summed E-state index contributed by atoms with van der Waals surface area (Å²) in [5.74, 6) is 1.10. The van der Waals surface area contributed by atoms with Gasteiger partial charge in [0.05, 0.1) is 5.57 Å². The van der Waals surface area contributed by atoms with Crippen molar-refractivity contribution in [2.45, 2.75) is 0 Å². The molecule has 2 aromatic rings. The van der Waals surface area contributed by atoms with Crippen LogP contribution >= 0.6 is 15.9 Å². The van der Waals surface area contributed by atoms with Gasteiger partial charge >= 0.3 is 0 Å². The second-order valence-corrected chi connectivity index (χ2v) is 5.12. The van der Waals surface area contributed by atoms with Crippen molar-refractivity contribution in [2.75, 3.05) is 0 Å². The van der Waals surface area contributed by atoms with E-state index >= 15 is 0 Å². The number of benzene rings is 1. The summed E-state index contributed by atoms with van der Waals surface area (Å²) in [6.45, 7) is 0. The first-order valence-corrected chi connectivity index (χ1v) is 6.64. The quantitative estimate of drug-likeness (QED) is 0.829. The van der Waals surface area contributed by atoms with Crippen LogP contribution in [0.5, 0.6) is 0 Å². The molecular weight excluding hydrogens is 322 g/mol. The van der Waals surface area contributed by atoms with E-state index in [0.29, 0.717) is 11.3 Å². The maximum absolute atomic E-state index is 11.5. The van der Waals surface area contributed by atoms with Crippen LogP contribution in [0, 0.1) is 0 Å². The molecule has 0 bridgehead atoms. The smallest absolute Gasteiger partial charge is 0.275 e. The molecule has 0 aliphatic carbocycles. The number of hydrogen-bond acceptors (Lipinski definition) is 4. The van der Waals surface area contributed by atoms with Gasteiger partial charge in [0.1, 0.15) is 11.5 Å². The Kier molecular flexibility index (Phi) is 3.15. The second kappa shape index (κ2) is 4.97. The van der Waals surface area contributed by atoms with Crippen molar-refractivity contribution in [3.8, 4) is 11.3 Å². The Morgan fingerprint density at radius 2 is 1.95 bits per heavy atom. The topological polar surface area (TPSA) is 80.6 Å². The van der Waals surface area contributed by atoms with Gasteiger partial charge in [-0.05, 0) is 30.3 Å². The van der Waals surface area contributed by atoms with Crippen LogP contribution in [0.25, 0.3) is 17.4 Å². The third-order valence-electron chi connectivity index (χ3n) is 2.84. The maximum atomic E-state index is 11.5. The third kappa shape index (κ3) is 2.37. The number of halogens is 1. The van der Waals surface area contributed by atoms with E-state index in [1.54, 1.807) is 12.1 Å². The predicted molar refractivity (Wildman–Crippen MR) is 79.6 cm³/mol. The molecule has 0 spiro atoms. The van der Waals surface area contributed by atoms with Gasteiger partial charge in [-0.2, -0.15) is 5.10 Å². The van der Waals surface area contributed by atoms with Crippen LogP contribution in [0.1, 0.15) is 5.76 Å². The van der Waals surface area contributed by atoms with Crippen molar-refractivity contribution in [3.63, 3.8) is 0 Å². The molecule has 0 saturated heterocycles. The summed E-state index contributed by atoms with van der Waals surface area (Å²) in [6, 6.07) is 11.4. The summed E-state index contributed by atoms with van der Waals surface area (Å²) >= 11 is 3.38. The number of amides is 1. The first kappa shape index (κ1) is 12.7. The van der Waals surface area contributed by atoms with Crippen molar-refractivity contribution in [1.29, 1.82) is 0 Å². The fourth-order valence-electron chi connectivity index (χ4n) is 1.83. The molecule has 2 heterocycles. The molecule has 20 heavy (non-hydrogen) atoms. The van der Waals surface area contributed by atoms with Crippen LogP contribution in [0.3, 0.4) is 0 Å². The minimum atomic E-state index is -0.330. The number of furan rings is 1. The highest BCUT2D eigenvalue weighted by molar-refractivity contribution is 9.10. The van der Waals surface area contributed by atoms with Crippen molar-refractivity contribution in [1.82, 2.24) is 5.43 Å². The molecule has 1 aromatic heterocycles. The van der Waals surface area contributed by atoms with Crippen molar-refractivity contribution in [3.05, 3.63) is 52.2 Å². The Morgan fingerprint density at radius 1 is 1.20 bits per heavy atom. The lowest BCUT2D eigenvalue weighted by Crippen LogP contribution is -2.16. The van der Waals surface area contributed by atoms with E-state index in [9.17, 15) is 4.79 Å². The summed E-state index contributed by atoms with van der Waals surface area (Å²) in [6.07, 6.45) is 1.57. The molecule has 0 fully saturated rings. The molecule has 3 N–H and O–H groups in total. The normalized spacial score (nSPS) is 16.4. The second-order valence-electron chi connectivity index (χ2n) is 4.20. The van der Waals surface area contributed by atoms with Crippen LogP contribution in [0.2, 0.25) is 0 Å². The average Bonchev–Trinajstić information content (AvgIpc) is 3.02. The van der Waals surface area contributed by atoms with Crippen LogP contribution in [0.15, 0.2) is 56.0 Å².